The van der Waals surface area contributed by atoms with Crippen molar-refractivity contribution >= 4 is 11.0 Å². The van der Waals surface area contributed by atoms with Crippen LogP contribution < -0.4 is 25.1 Å². The van der Waals surface area contributed by atoms with Gasteiger partial charge in [0, 0.05) is 31.3 Å². The second-order valence-electron chi connectivity index (χ2n) is 8.52. The third-order valence-corrected chi connectivity index (χ3v) is 6.56. The number of methoxy groups -OCH3 is 3. The van der Waals surface area contributed by atoms with Gasteiger partial charge in [-0.3, -0.25) is 9.78 Å². The van der Waals surface area contributed by atoms with Crippen molar-refractivity contribution in [3.63, 3.8) is 0 Å². The number of hydrogen-bond acceptors (Lipinski definition) is 7. The lowest BCUT2D eigenvalue weighted by Gasteiger charge is -2.29. The van der Waals surface area contributed by atoms with Crippen molar-refractivity contribution < 1.29 is 14.2 Å². The molecule has 1 N–H and O–H groups in total. The lowest BCUT2D eigenvalue weighted by molar-refractivity contribution is 0.270. The largest absolute Gasteiger partial charge is 0.497 e. The molecule has 0 spiro atoms. The van der Waals surface area contributed by atoms with Crippen molar-refractivity contribution in [1.29, 1.82) is 0 Å². The number of fused-ring (bicyclic) bond motifs is 1. The molecule has 2 aromatic heterocycles. The van der Waals surface area contributed by atoms with Gasteiger partial charge in [-0.05, 0) is 50.2 Å². The molecule has 0 amide bonds. The summed E-state index contributed by atoms with van der Waals surface area (Å²) < 4.78 is 17.8. The fourth-order valence-electron chi connectivity index (χ4n) is 4.59. The molecule has 0 saturated heterocycles. The van der Waals surface area contributed by atoms with Crippen molar-refractivity contribution in [1.82, 2.24) is 19.9 Å². The minimum absolute atomic E-state index is 0.0616. The molecule has 0 bridgehead atoms. The molecule has 1 aliphatic carbocycles. The van der Waals surface area contributed by atoms with Gasteiger partial charge < -0.3 is 24.1 Å². The molecule has 4 rings (SSSR count). The summed E-state index contributed by atoms with van der Waals surface area (Å²) in [5.74, 6) is 2.69. The Morgan fingerprint density at radius 3 is 2.48 bits per heavy atom. The highest BCUT2D eigenvalue weighted by Crippen LogP contribution is 2.29. The Kier molecular flexibility index (Phi) is 7.44. The highest BCUT2D eigenvalue weighted by Gasteiger charge is 2.21. The molecule has 0 atom stereocenters. The Labute approximate surface area is 193 Å². The number of pyridine rings is 1. The first kappa shape index (κ1) is 23.0. The molecule has 0 aliphatic heterocycles. The number of nitrogens with zero attached hydrogens (tertiary/aromatic N) is 3. The number of aryl methyl sites for hydroxylation is 1. The molecule has 33 heavy (non-hydrogen) atoms. The predicted octanol–water partition coefficient (Wildman–Crippen LogP) is 3.56. The second-order valence-corrected chi connectivity index (χ2v) is 8.52. The molecular formula is C25H32N4O4. The third kappa shape index (κ3) is 5.45. The van der Waals surface area contributed by atoms with Crippen molar-refractivity contribution in [3.05, 3.63) is 52.7 Å². The average Bonchev–Trinajstić information content (AvgIpc) is 2.87. The third-order valence-electron chi connectivity index (χ3n) is 6.56. The van der Waals surface area contributed by atoms with Gasteiger partial charge in [0.05, 0.1) is 50.5 Å². The van der Waals surface area contributed by atoms with Crippen LogP contribution in [0.2, 0.25) is 0 Å². The number of aromatic nitrogens is 3. The minimum atomic E-state index is -0.0616. The van der Waals surface area contributed by atoms with Gasteiger partial charge >= 0.3 is 0 Å². The molecule has 1 aromatic carbocycles. The molecule has 3 aromatic rings. The van der Waals surface area contributed by atoms with Gasteiger partial charge in [-0.25, -0.2) is 4.98 Å². The van der Waals surface area contributed by atoms with Crippen LogP contribution in [0.25, 0.3) is 11.0 Å². The fraction of sp³-hybridized carbons (Fsp3) is 0.480. The quantitative estimate of drug-likeness (QED) is 0.531. The molecule has 1 fully saturated rings. The van der Waals surface area contributed by atoms with E-state index in [1.165, 1.54) is 6.20 Å². The highest BCUT2D eigenvalue weighted by atomic mass is 16.5. The molecule has 1 aliphatic rings. The van der Waals surface area contributed by atoms with E-state index in [2.05, 4.69) is 15.3 Å². The second kappa shape index (κ2) is 10.7. The van der Waals surface area contributed by atoms with Gasteiger partial charge in [0.15, 0.2) is 11.5 Å². The fourth-order valence-corrected chi connectivity index (χ4v) is 4.59. The predicted molar refractivity (Wildman–Crippen MR) is 127 cm³/mol. The topological polar surface area (TPSA) is 87.5 Å². The van der Waals surface area contributed by atoms with Crippen molar-refractivity contribution in [2.75, 3.05) is 21.3 Å². The van der Waals surface area contributed by atoms with E-state index in [-0.39, 0.29) is 5.56 Å². The van der Waals surface area contributed by atoms with E-state index in [0.29, 0.717) is 36.5 Å². The minimum Gasteiger partial charge on any atom is -0.497 e. The van der Waals surface area contributed by atoms with Gasteiger partial charge in [-0.1, -0.05) is 0 Å². The zero-order valence-corrected chi connectivity index (χ0v) is 19.5. The SMILES string of the molecule is COc1ccc2ncc(=O)n(CCC3CCC(NCc4cc(OC)c(OC)cn4)CC3)c2c1. The normalized spacial score (nSPS) is 18.3. The number of ether oxygens (including phenoxy) is 3. The van der Waals surface area contributed by atoms with E-state index in [9.17, 15) is 4.79 Å². The van der Waals surface area contributed by atoms with Gasteiger partial charge in [0.2, 0.25) is 0 Å². The van der Waals surface area contributed by atoms with Gasteiger partial charge in [-0.15, -0.1) is 0 Å². The van der Waals surface area contributed by atoms with Crippen molar-refractivity contribution in [2.45, 2.75) is 51.2 Å². The molecule has 8 nitrogen and oxygen atoms in total. The van der Waals surface area contributed by atoms with E-state index < -0.39 is 0 Å². The molecule has 0 unspecified atom stereocenters. The zero-order chi connectivity index (χ0) is 23.2. The summed E-state index contributed by atoms with van der Waals surface area (Å²) in [6, 6.07) is 8.06. The molecule has 8 heteroatoms. The van der Waals surface area contributed by atoms with Crippen LogP contribution in [0.15, 0.2) is 41.5 Å². The van der Waals surface area contributed by atoms with Crippen LogP contribution in [-0.4, -0.2) is 41.9 Å². The van der Waals surface area contributed by atoms with Crippen LogP contribution in [0.4, 0.5) is 0 Å². The molecule has 176 valence electrons. The Morgan fingerprint density at radius 2 is 1.76 bits per heavy atom. The van der Waals surface area contributed by atoms with E-state index in [1.54, 1.807) is 27.5 Å². The molecule has 1 saturated carbocycles. The van der Waals surface area contributed by atoms with Crippen LogP contribution in [0.3, 0.4) is 0 Å². The highest BCUT2D eigenvalue weighted by molar-refractivity contribution is 5.76. The number of hydrogen-bond donors (Lipinski definition) is 1. The van der Waals surface area contributed by atoms with Crippen LogP contribution in [0, 0.1) is 5.92 Å². The maximum atomic E-state index is 12.5. The lowest BCUT2D eigenvalue weighted by atomic mass is 9.84. The van der Waals surface area contributed by atoms with E-state index in [0.717, 1.165) is 54.6 Å². The summed E-state index contributed by atoms with van der Waals surface area (Å²) in [7, 11) is 4.88. The average molecular weight is 453 g/mol. The van der Waals surface area contributed by atoms with Gasteiger partial charge in [0.1, 0.15) is 5.75 Å². The van der Waals surface area contributed by atoms with E-state index in [4.69, 9.17) is 14.2 Å². The standard InChI is InChI=1S/C25H32N4O4/c1-31-20-8-9-21-22(13-20)29(25(30)16-28-21)11-10-17-4-6-18(7-5-17)26-14-19-12-23(32-2)24(33-3)15-27-19/h8-9,12-13,15-18,26H,4-7,10-11,14H2,1-3H3. The van der Waals surface area contributed by atoms with Gasteiger partial charge in [-0.2, -0.15) is 0 Å². The van der Waals surface area contributed by atoms with Crippen LogP contribution in [0.5, 0.6) is 17.2 Å². The monoisotopic (exact) mass is 452 g/mol. The summed E-state index contributed by atoms with van der Waals surface area (Å²) in [6.07, 6.45) is 8.65. The molecular weight excluding hydrogens is 420 g/mol. The number of nitrogens with one attached hydrogen (secondary N) is 1. The number of rotatable bonds is 9. The van der Waals surface area contributed by atoms with E-state index in [1.807, 2.05) is 28.8 Å². The first-order valence-electron chi connectivity index (χ1n) is 11.4. The summed E-state index contributed by atoms with van der Waals surface area (Å²) in [4.78, 5) is 21.2. The lowest BCUT2D eigenvalue weighted by Crippen LogP contribution is -2.33. The smallest absolute Gasteiger partial charge is 0.269 e. The Bertz CT molecular complexity index is 1140. The van der Waals surface area contributed by atoms with Crippen LogP contribution in [0.1, 0.15) is 37.8 Å². The Balaban J connectivity index is 1.30. The molecule has 2 heterocycles. The zero-order valence-electron chi connectivity index (χ0n) is 19.5. The molecule has 0 radical (unpaired) electrons. The summed E-state index contributed by atoms with van der Waals surface area (Å²) >= 11 is 0. The summed E-state index contributed by atoms with van der Waals surface area (Å²) in [6.45, 7) is 1.40. The maximum Gasteiger partial charge on any atom is 0.269 e. The van der Waals surface area contributed by atoms with Crippen molar-refractivity contribution in [2.24, 2.45) is 5.92 Å². The first-order chi connectivity index (χ1) is 16.1. The Hall–Kier alpha value is -3.13. The first-order valence-corrected chi connectivity index (χ1v) is 11.4. The van der Waals surface area contributed by atoms with Crippen molar-refractivity contribution in [3.8, 4) is 17.2 Å². The maximum absolute atomic E-state index is 12.5. The summed E-state index contributed by atoms with van der Waals surface area (Å²) in [5.41, 5.74) is 2.52. The number of benzene rings is 1. The van der Waals surface area contributed by atoms with Crippen LogP contribution in [-0.2, 0) is 13.1 Å². The summed E-state index contributed by atoms with van der Waals surface area (Å²) in [5, 5.41) is 3.63. The van der Waals surface area contributed by atoms with Crippen LogP contribution >= 0.6 is 0 Å². The Morgan fingerprint density at radius 1 is 0.970 bits per heavy atom. The van der Waals surface area contributed by atoms with Gasteiger partial charge in [0.25, 0.3) is 5.56 Å². The van der Waals surface area contributed by atoms with E-state index >= 15 is 0 Å².